The Balaban J connectivity index is 2.03. The van der Waals surface area contributed by atoms with E-state index in [-0.39, 0.29) is 18.0 Å². The summed E-state index contributed by atoms with van der Waals surface area (Å²) in [5.74, 6) is 4.41. The monoisotopic (exact) mass is 279 g/mol. The van der Waals surface area contributed by atoms with E-state index in [1.54, 1.807) is 18.2 Å². The van der Waals surface area contributed by atoms with Crippen molar-refractivity contribution in [2.45, 2.75) is 0 Å². The molecule has 0 radical (unpaired) electrons. The van der Waals surface area contributed by atoms with E-state index in [9.17, 15) is 9.59 Å². The van der Waals surface area contributed by atoms with E-state index in [0.717, 1.165) is 4.90 Å². The highest BCUT2D eigenvalue weighted by Gasteiger charge is 2.37. The second-order valence-corrected chi connectivity index (χ2v) is 4.21. The van der Waals surface area contributed by atoms with Crippen LogP contribution >= 0.6 is 0 Å². The van der Waals surface area contributed by atoms with Crippen LogP contribution in [0.5, 0.6) is 0 Å². The van der Waals surface area contributed by atoms with E-state index < -0.39 is 11.8 Å². The summed E-state index contributed by atoms with van der Waals surface area (Å²) in [6, 6.07) is 6.33. The molecule has 0 spiro atoms. The number of carbonyl (C=O) groups excluding carboxylic acids is 2. The maximum atomic E-state index is 12.3. The van der Waals surface area contributed by atoms with Crippen LogP contribution in [0.2, 0.25) is 0 Å². The quantitative estimate of drug-likeness (QED) is 0.611. The number of imide groups is 1. The lowest BCUT2D eigenvalue weighted by molar-refractivity contribution is 0.0925. The summed E-state index contributed by atoms with van der Waals surface area (Å²) in [5, 5.41) is 8.68. The zero-order valence-electron chi connectivity index (χ0n) is 10.8. The number of amides is 2. The first kappa shape index (κ1) is 13.0. The number of hydrogen-bond acceptors (Lipinski definition) is 5. The lowest BCUT2D eigenvalue weighted by atomic mass is 10.2. The van der Waals surface area contributed by atoms with Gasteiger partial charge in [0.2, 0.25) is 0 Å². The normalized spacial score (nSPS) is 12.9. The fourth-order valence-electron chi connectivity index (χ4n) is 2.04. The van der Waals surface area contributed by atoms with Gasteiger partial charge in [0.1, 0.15) is 18.1 Å². The van der Waals surface area contributed by atoms with E-state index in [1.807, 2.05) is 0 Å². The molecule has 0 bridgehead atoms. The van der Waals surface area contributed by atoms with Gasteiger partial charge in [-0.2, -0.15) is 0 Å². The Kier molecular flexibility index (Phi) is 3.18. The number of fused-ring (bicyclic) bond motifs is 1. The molecule has 3 rings (SSSR count). The summed E-state index contributed by atoms with van der Waals surface area (Å²) in [4.78, 5) is 33.6. The molecule has 0 atom stereocenters. The molecular formula is C15H9N3O3. The summed E-state index contributed by atoms with van der Waals surface area (Å²) in [5.41, 5.74) is 0.941. The van der Waals surface area contributed by atoms with Gasteiger partial charge in [-0.15, -0.1) is 0 Å². The first-order valence-corrected chi connectivity index (χ1v) is 6.12. The van der Waals surface area contributed by atoms with E-state index in [2.05, 4.69) is 21.8 Å². The molecule has 0 aliphatic carbocycles. The number of aliphatic hydroxyl groups is 1. The van der Waals surface area contributed by atoms with Gasteiger partial charge in [0.25, 0.3) is 11.8 Å². The molecule has 0 saturated carbocycles. The molecule has 0 saturated heterocycles. The highest BCUT2D eigenvalue weighted by Crippen LogP contribution is 2.26. The van der Waals surface area contributed by atoms with Gasteiger partial charge in [0.15, 0.2) is 0 Å². The number of rotatable bonds is 1. The predicted octanol–water partition coefficient (Wildman–Crippen LogP) is 0.621. The number of pyridine rings is 2. The Morgan fingerprint density at radius 3 is 2.71 bits per heavy atom. The molecule has 21 heavy (non-hydrogen) atoms. The topological polar surface area (TPSA) is 83.4 Å². The summed E-state index contributed by atoms with van der Waals surface area (Å²) in [7, 11) is 0. The van der Waals surface area contributed by atoms with Crippen LogP contribution in [0.25, 0.3) is 0 Å². The molecule has 3 heterocycles. The van der Waals surface area contributed by atoms with E-state index in [1.165, 1.54) is 18.5 Å². The van der Waals surface area contributed by atoms with Crippen LogP contribution in [-0.4, -0.2) is 33.5 Å². The molecule has 2 aromatic heterocycles. The summed E-state index contributed by atoms with van der Waals surface area (Å²) in [6.07, 6.45) is 2.83. The molecule has 2 amide bonds. The van der Waals surface area contributed by atoms with Crippen molar-refractivity contribution in [3.8, 4) is 11.8 Å². The molecule has 1 aliphatic heterocycles. The molecule has 102 valence electrons. The van der Waals surface area contributed by atoms with Crippen LogP contribution in [0, 0.1) is 11.8 Å². The van der Waals surface area contributed by atoms with Crippen LogP contribution in [0.3, 0.4) is 0 Å². The van der Waals surface area contributed by atoms with Gasteiger partial charge >= 0.3 is 0 Å². The number of carbonyl (C=O) groups is 2. The maximum Gasteiger partial charge on any atom is 0.268 e. The number of anilines is 1. The fraction of sp³-hybridized carbons (Fsp3) is 0.0667. The Morgan fingerprint density at radius 2 is 1.95 bits per heavy atom. The average Bonchev–Trinajstić information content (AvgIpc) is 2.78. The number of aromatic nitrogens is 2. The third-order valence-corrected chi connectivity index (χ3v) is 2.95. The van der Waals surface area contributed by atoms with Crippen molar-refractivity contribution < 1.29 is 14.7 Å². The molecule has 6 nitrogen and oxygen atoms in total. The standard InChI is InChI=1S/C15H9N3O3/c19-8-2-4-10-3-1-5-13(17-10)18-14(20)11-6-7-16-9-12(11)15(18)21/h1,3,5-7,9,19H,8H2. The molecule has 0 fully saturated rings. The minimum absolute atomic E-state index is 0.200. The Morgan fingerprint density at radius 1 is 1.14 bits per heavy atom. The SMILES string of the molecule is O=C1c2ccncc2C(=O)N1c1cccc(C#CCO)n1. The van der Waals surface area contributed by atoms with Crippen molar-refractivity contribution in [3.63, 3.8) is 0 Å². The van der Waals surface area contributed by atoms with E-state index in [0.29, 0.717) is 11.3 Å². The minimum Gasteiger partial charge on any atom is -0.384 e. The van der Waals surface area contributed by atoms with Crippen molar-refractivity contribution in [3.05, 3.63) is 53.5 Å². The smallest absolute Gasteiger partial charge is 0.268 e. The molecule has 1 N–H and O–H groups in total. The predicted molar refractivity (Wildman–Crippen MR) is 73.6 cm³/mol. The highest BCUT2D eigenvalue weighted by atomic mass is 16.2. The second-order valence-electron chi connectivity index (χ2n) is 4.21. The van der Waals surface area contributed by atoms with Crippen LogP contribution in [0.15, 0.2) is 36.7 Å². The third-order valence-electron chi connectivity index (χ3n) is 2.95. The Labute approximate surface area is 120 Å². The van der Waals surface area contributed by atoms with Crippen molar-refractivity contribution in [2.75, 3.05) is 11.5 Å². The van der Waals surface area contributed by atoms with Gasteiger partial charge in [-0.1, -0.05) is 12.0 Å². The number of nitrogens with zero attached hydrogens (tertiary/aromatic N) is 3. The van der Waals surface area contributed by atoms with Gasteiger partial charge in [-0.05, 0) is 24.1 Å². The van der Waals surface area contributed by atoms with Crippen LogP contribution in [-0.2, 0) is 0 Å². The van der Waals surface area contributed by atoms with Crippen molar-refractivity contribution in [2.24, 2.45) is 0 Å². The fourth-order valence-corrected chi connectivity index (χ4v) is 2.04. The molecule has 6 heteroatoms. The summed E-state index contributed by atoms with van der Waals surface area (Å²) in [6.45, 7) is -0.287. The zero-order chi connectivity index (χ0) is 14.8. The number of aliphatic hydroxyl groups excluding tert-OH is 1. The molecular weight excluding hydrogens is 270 g/mol. The maximum absolute atomic E-state index is 12.3. The van der Waals surface area contributed by atoms with Crippen LogP contribution in [0.1, 0.15) is 26.4 Å². The highest BCUT2D eigenvalue weighted by molar-refractivity contribution is 6.34. The Bertz CT molecular complexity index is 770. The minimum atomic E-state index is -0.456. The van der Waals surface area contributed by atoms with Crippen LogP contribution in [0.4, 0.5) is 5.82 Å². The first-order chi connectivity index (χ1) is 10.2. The largest absolute Gasteiger partial charge is 0.384 e. The van der Waals surface area contributed by atoms with E-state index >= 15 is 0 Å². The Hall–Kier alpha value is -3.04. The third kappa shape index (κ3) is 2.16. The van der Waals surface area contributed by atoms with Gasteiger partial charge < -0.3 is 5.11 Å². The first-order valence-electron chi connectivity index (χ1n) is 6.12. The molecule has 1 aliphatic rings. The van der Waals surface area contributed by atoms with Crippen molar-refractivity contribution in [1.82, 2.24) is 9.97 Å². The van der Waals surface area contributed by atoms with Crippen molar-refractivity contribution >= 4 is 17.6 Å². The van der Waals surface area contributed by atoms with Crippen molar-refractivity contribution in [1.29, 1.82) is 0 Å². The molecule has 0 unspecified atom stereocenters. The molecule has 2 aromatic rings. The number of hydrogen-bond donors (Lipinski definition) is 1. The zero-order valence-corrected chi connectivity index (χ0v) is 10.8. The van der Waals surface area contributed by atoms with E-state index in [4.69, 9.17) is 5.11 Å². The second kappa shape index (κ2) is 5.15. The average molecular weight is 279 g/mol. The van der Waals surface area contributed by atoms with Gasteiger partial charge in [0.05, 0.1) is 11.1 Å². The van der Waals surface area contributed by atoms with Gasteiger partial charge in [-0.25, -0.2) is 9.88 Å². The molecule has 0 aromatic carbocycles. The summed E-state index contributed by atoms with van der Waals surface area (Å²) >= 11 is 0. The van der Waals surface area contributed by atoms with Gasteiger partial charge in [-0.3, -0.25) is 14.6 Å². The summed E-state index contributed by atoms with van der Waals surface area (Å²) < 4.78 is 0. The lowest BCUT2D eigenvalue weighted by Crippen LogP contribution is -2.30. The van der Waals surface area contributed by atoms with Gasteiger partial charge in [0, 0.05) is 12.4 Å². The lowest BCUT2D eigenvalue weighted by Gasteiger charge is -2.12. The van der Waals surface area contributed by atoms with Crippen LogP contribution < -0.4 is 4.90 Å².